The smallest absolute Gasteiger partial charge is 0.338 e. The molecule has 1 aromatic carbocycles. The lowest BCUT2D eigenvalue weighted by Crippen LogP contribution is -2.25. The number of hydrogen-bond acceptors (Lipinski definition) is 6. The zero-order valence-electron chi connectivity index (χ0n) is 12.9. The monoisotopic (exact) mass is 305 g/mol. The zero-order chi connectivity index (χ0) is 16.5. The Bertz CT molecular complexity index is 562. The first-order valence-corrected chi connectivity index (χ1v) is 6.98. The largest absolute Gasteiger partial charge is 0.465 e. The Morgan fingerprint density at radius 1 is 1.09 bits per heavy atom. The van der Waals surface area contributed by atoms with Gasteiger partial charge in [0.25, 0.3) is 0 Å². The van der Waals surface area contributed by atoms with Crippen molar-refractivity contribution < 1.29 is 23.9 Å². The normalized spacial score (nSPS) is 12.0. The van der Waals surface area contributed by atoms with E-state index < -0.39 is 17.9 Å². The topological polar surface area (TPSA) is 82.0 Å². The van der Waals surface area contributed by atoms with E-state index in [0.29, 0.717) is 17.9 Å². The van der Waals surface area contributed by atoms with E-state index >= 15 is 0 Å². The molecule has 0 N–H and O–H groups in total. The van der Waals surface area contributed by atoms with Gasteiger partial charge in [-0.05, 0) is 45.0 Å². The van der Waals surface area contributed by atoms with Crippen LogP contribution in [0.2, 0.25) is 0 Å². The minimum atomic E-state index is -1.02. The summed E-state index contributed by atoms with van der Waals surface area (Å²) in [5, 5.41) is 0. The van der Waals surface area contributed by atoms with Crippen molar-refractivity contribution >= 4 is 29.6 Å². The molecular formula is C16H19NO5. The highest BCUT2D eigenvalue weighted by Gasteiger charge is 2.22. The van der Waals surface area contributed by atoms with Crippen LogP contribution in [0.3, 0.4) is 0 Å². The second kappa shape index (κ2) is 8.71. The highest BCUT2D eigenvalue weighted by Crippen LogP contribution is 2.14. The molecule has 0 bridgehead atoms. The van der Waals surface area contributed by atoms with Crippen LogP contribution in [-0.2, 0) is 19.1 Å². The second-order valence-electron chi connectivity index (χ2n) is 4.39. The van der Waals surface area contributed by atoms with Crippen LogP contribution >= 0.6 is 0 Å². The molecule has 6 nitrogen and oxygen atoms in total. The zero-order valence-corrected chi connectivity index (χ0v) is 12.9. The molecule has 22 heavy (non-hydrogen) atoms. The third-order valence-electron chi connectivity index (χ3n) is 2.73. The van der Waals surface area contributed by atoms with Crippen molar-refractivity contribution in [2.45, 2.75) is 20.8 Å². The van der Waals surface area contributed by atoms with E-state index in [4.69, 9.17) is 9.47 Å². The van der Waals surface area contributed by atoms with Gasteiger partial charge in [0.1, 0.15) is 5.78 Å². The number of esters is 2. The molecule has 0 fully saturated rings. The summed E-state index contributed by atoms with van der Waals surface area (Å²) in [6.07, 6.45) is 1.25. The number of benzene rings is 1. The first-order chi connectivity index (χ1) is 10.5. The molecule has 1 rings (SSSR count). The predicted molar refractivity (Wildman–Crippen MR) is 81.4 cm³/mol. The Morgan fingerprint density at radius 2 is 1.68 bits per heavy atom. The van der Waals surface area contributed by atoms with Crippen LogP contribution in [0.5, 0.6) is 0 Å². The molecule has 0 amide bonds. The molecule has 0 aromatic heterocycles. The Morgan fingerprint density at radius 3 is 2.18 bits per heavy atom. The highest BCUT2D eigenvalue weighted by molar-refractivity contribution is 6.11. The maximum atomic E-state index is 11.6. The van der Waals surface area contributed by atoms with Crippen LogP contribution < -0.4 is 0 Å². The van der Waals surface area contributed by atoms with E-state index in [9.17, 15) is 14.4 Å². The van der Waals surface area contributed by atoms with Gasteiger partial charge < -0.3 is 9.47 Å². The van der Waals surface area contributed by atoms with Crippen molar-refractivity contribution in [1.29, 1.82) is 0 Å². The van der Waals surface area contributed by atoms with Gasteiger partial charge in [-0.3, -0.25) is 14.6 Å². The molecule has 0 heterocycles. The van der Waals surface area contributed by atoms with E-state index in [-0.39, 0.29) is 12.4 Å². The minimum absolute atomic E-state index is 0.199. The van der Waals surface area contributed by atoms with Crippen molar-refractivity contribution in [2.75, 3.05) is 13.2 Å². The number of hydrogen-bond donors (Lipinski definition) is 0. The molecule has 0 saturated heterocycles. The number of carbonyl (C=O) groups is 3. The summed E-state index contributed by atoms with van der Waals surface area (Å²) < 4.78 is 9.69. The lowest BCUT2D eigenvalue weighted by Gasteiger charge is -2.07. The maximum absolute atomic E-state index is 11.6. The van der Waals surface area contributed by atoms with Gasteiger partial charge in [-0.2, -0.15) is 0 Å². The van der Waals surface area contributed by atoms with E-state index in [1.165, 1.54) is 13.1 Å². The maximum Gasteiger partial charge on any atom is 0.338 e. The van der Waals surface area contributed by atoms with Crippen LogP contribution in [0.1, 0.15) is 31.1 Å². The molecule has 0 radical (unpaired) electrons. The fourth-order valence-electron chi connectivity index (χ4n) is 1.62. The molecule has 0 aliphatic rings. The number of rotatable bonds is 7. The van der Waals surface area contributed by atoms with E-state index in [1.807, 2.05) is 0 Å². The Balaban J connectivity index is 2.81. The number of nitrogens with zero attached hydrogens (tertiary/aromatic N) is 1. The summed E-state index contributed by atoms with van der Waals surface area (Å²) >= 11 is 0. The third-order valence-corrected chi connectivity index (χ3v) is 2.73. The molecule has 1 atom stereocenters. The summed E-state index contributed by atoms with van der Waals surface area (Å²) in [4.78, 5) is 38.7. The SMILES string of the molecule is CCOC(=O)c1ccc(N=CC(C(C)=O)C(=O)OCC)cc1. The Labute approximate surface area is 129 Å². The lowest BCUT2D eigenvalue weighted by atomic mass is 10.1. The molecular weight excluding hydrogens is 286 g/mol. The summed E-state index contributed by atoms with van der Waals surface area (Å²) in [6.45, 7) is 5.20. The molecule has 0 aliphatic carbocycles. The summed E-state index contributed by atoms with van der Waals surface area (Å²) in [5.41, 5.74) is 0.929. The van der Waals surface area contributed by atoms with Gasteiger partial charge in [-0.15, -0.1) is 0 Å². The van der Waals surface area contributed by atoms with Gasteiger partial charge in [-0.1, -0.05) is 0 Å². The number of ketones is 1. The summed E-state index contributed by atoms with van der Waals surface area (Å²) in [7, 11) is 0. The predicted octanol–water partition coefficient (Wildman–Crippen LogP) is 2.33. The van der Waals surface area contributed by atoms with E-state index in [2.05, 4.69) is 4.99 Å². The van der Waals surface area contributed by atoms with E-state index in [0.717, 1.165) is 0 Å². The molecule has 0 aliphatic heterocycles. The first-order valence-electron chi connectivity index (χ1n) is 6.98. The molecule has 118 valence electrons. The van der Waals surface area contributed by atoms with Crippen molar-refractivity contribution in [3.05, 3.63) is 29.8 Å². The average Bonchev–Trinajstić information content (AvgIpc) is 2.48. The second-order valence-corrected chi connectivity index (χ2v) is 4.39. The van der Waals surface area contributed by atoms with Crippen LogP contribution in [0, 0.1) is 5.92 Å². The van der Waals surface area contributed by atoms with E-state index in [1.54, 1.807) is 38.1 Å². The number of ether oxygens (including phenoxy) is 2. The molecule has 6 heteroatoms. The fraction of sp³-hybridized carbons (Fsp3) is 0.375. The lowest BCUT2D eigenvalue weighted by molar-refractivity contribution is -0.148. The Kier molecular flexibility index (Phi) is 6.95. The van der Waals surface area contributed by atoms with Crippen LogP contribution in [0.4, 0.5) is 5.69 Å². The van der Waals surface area contributed by atoms with Gasteiger partial charge in [0.2, 0.25) is 0 Å². The van der Waals surface area contributed by atoms with Crippen molar-refractivity contribution in [1.82, 2.24) is 0 Å². The van der Waals surface area contributed by atoms with Crippen LogP contribution in [0.25, 0.3) is 0 Å². The Hall–Kier alpha value is -2.50. The third kappa shape index (κ3) is 5.12. The first kappa shape index (κ1) is 17.6. The van der Waals surface area contributed by atoms with Gasteiger partial charge in [-0.25, -0.2) is 4.79 Å². The molecule has 0 saturated carbocycles. The van der Waals surface area contributed by atoms with Crippen molar-refractivity contribution in [3.8, 4) is 0 Å². The van der Waals surface area contributed by atoms with Gasteiger partial charge in [0.05, 0.1) is 24.5 Å². The molecule has 1 aromatic rings. The van der Waals surface area contributed by atoms with Crippen LogP contribution in [-0.4, -0.2) is 37.2 Å². The average molecular weight is 305 g/mol. The molecule has 1 unspecified atom stereocenters. The number of carbonyl (C=O) groups excluding carboxylic acids is 3. The van der Waals surface area contributed by atoms with Gasteiger partial charge in [0, 0.05) is 6.21 Å². The van der Waals surface area contributed by atoms with Gasteiger partial charge in [0.15, 0.2) is 5.92 Å². The standard InChI is InChI=1S/C16H19NO5/c1-4-21-15(19)12-6-8-13(9-7-12)17-10-14(11(3)18)16(20)22-5-2/h6-10,14H,4-5H2,1-3H3. The fourth-order valence-corrected chi connectivity index (χ4v) is 1.62. The highest BCUT2D eigenvalue weighted by atomic mass is 16.5. The van der Waals surface area contributed by atoms with Crippen molar-refractivity contribution in [2.24, 2.45) is 10.9 Å². The number of Topliss-reactive ketones (excluding diaryl/α,β-unsaturated/α-hetero) is 1. The quantitative estimate of drug-likeness (QED) is 0.438. The van der Waals surface area contributed by atoms with Gasteiger partial charge >= 0.3 is 11.9 Å². The van der Waals surface area contributed by atoms with Crippen molar-refractivity contribution in [3.63, 3.8) is 0 Å². The summed E-state index contributed by atoms with van der Waals surface area (Å²) in [5.74, 6) is -2.40. The molecule has 0 spiro atoms. The minimum Gasteiger partial charge on any atom is -0.465 e. The number of aliphatic imine (C=N–C) groups is 1. The summed E-state index contributed by atoms with van der Waals surface area (Å²) in [6, 6.07) is 6.34. The van der Waals surface area contributed by atoms with Crippen LogP contribution in [0.15, 0.2) is 29.3 Å².